The van der Waals surface area contributed by atoms with Gasteiger partial charge in [0.25, 0.3) is 0 Å². The van der Waals surface area contributed by atoms with E-state index < -0.39 is 11.6 Å². The Labute approximate surface area is 99.8 Å². The number of benzene rings is 1. The summed E-state index contributed by atoms with van der Waals surface area (Å²) in [5.41, 5.74) is 5.30. The lowest BCUT2D eigenvalue weighted by atomic mass is 10.2. The monoisotopic (exact) mass is 244 g/mol. The van der Waals surface area contributed by atoms with Crippen LogP contribution in [-0.2, 0) is 0 Å². The lowest BCUT2D eigenvalue weighted by Crippen LogP contribution is -2.29. The normalized spacial score (nSPS) is 10.6. The molecule has 3 nitrogen and oxygen atoms in total. The van der Waals surface area contributed by atoms with Crippen LogP contribution in [0.4, 0.5) is 20.2 Å². The van der Waals surface area contributed by atoms with Gasteiger partial charge < -0.3 is 15.7 Å². The molecular formula is C12H18F2N2O. The van der Waals surface area contributed by atoms with Crippen molar-refractivity contribution >= 4 is 11.4 Å². The zero-order valence-corrected chi connectivity index (χ0v) is 9.92. The first kappa shape index (κ1) is 13.7. The minimum absolute atomic E-state index is 0.0585. The summed E-state index contributed by atoms with van der Waals surface area (Å²) < 4.78 is 27.3. The van der Waals surface area contributed by atoms with Gasteiger partial charge in [-0.05, 0) is 18.6 Å². The number of unbranched alkanes of at least 4 members (excludes halogenated alkanes) is 1. The number of halogens is 2. The Bertz CT molecular complexity index is 349. The van der Waals surface area contributed by atoms with Crippen molar-refractivity contribution in [1.29, 1.82) is 0 Å². The molecule has 0 saturated carbocycles. The van der Waals surface area contributed by atoms with Gasteiger partial charge >= 0.3 is 0 Å². The highest BCUT2D eigenvalue weighted by molar-refractivity contribution is 5.55. The molecule has 0 aromatic heterocycles. The van der Waals surface area contributed by atoms with Gasteiger partial charge in [-0.1, -0.05) is 13.3 Å². The summed E-state index contributed by atoms with van der Waals surface area (Å²) in [5.74, 6) is -1.38. The van der Waals surface area contributed by atoms with Gasteiger partial charge in [-0.15, -0.1) is 0 Å². The van der Waals surface area contributed by atoms with E-state index in [1.165, 1.54) is 4.90 Å². The fourth-order valence-corrected chi connectivity index (χ4v) is 1.69. The molecule has 1 aromatic rings. The number of aliphatic hydroxyl groups is 1. The van der Waals surface area contributed by atoms with Gasteiger partial charge in [0.2, 0.25) is 0 Å². The Balaban J connectivity index is 3.00. The number of anilines is 2. The molecule has 1 aromatic carbocycles. The van der Waals surface area contributed by atoms with Crippen molar-refractivity contribution < 1.29 is 13.9 Å². The zero-order valence-electron chi connectivity index (χ0n) is 9.92. The molecule has 0 aliphatic rings. The van der Waals surface area contributed by atoms with Crippen LogP contribution in [0.15, 0.2) is 12.1 Å². The number of nitrogens with zero attached hydrogens (tertiary/aromatic N) is 1. The molecule has 17 heavy (non-hydrogen) atoms. The molecule has 5 heteroatoms. The van der Waals surface area contributed by atoms with Crippen molar-refractivity contribution in [3.63, 3.8) is 0 Å². The third-order valence-electron chi connectivity index (χ3n) is 2.51. The van der Waals surface area contributed by atoms with E-state index in [4.69, 9.17) is 10.8 Å². The number of nitrogen functional groups attached to an aromatic ring is 1. The number of hydrogen-bond acceptors (Lipinski definition) is 3. The molecule has 0 fully saturated rings. The number of hydrogen-bond donors (Lipinski definition) is 2. The summed E-state index contributed by atoms with van der Waals surface area (Å²) in [5, 5.41) is 8.92. The minimum atomic E-state index is -0.688. The predicted molar refractivity (Wildman–Crippen MR) is 65.0 cm³/mol. The molecule has 1 rings (SSSR count). The van der Waals surface area contributed by atoms with E-state index in [1.54, 1.807) is 0 Å². The number of aliphatic hydroxyl groups excluding tert-OH is 1. The van der Waals surface area contributed by atoms with Crippen LogP contribution >= 0.6 is 0 Å². The van der Waals surface area contributed by atoms with Crippen LogP contribution in [0, 0.1) is 11.6 Å². The van der Waals surface area contributed by atoms with Crippen LogP contribution in [0.1, 0.15) is 19.8 Å². The summed E-state index contributed by atoms with van der Waals surface area (Å²) in [7, 11) is 0. The van der Waals surface area contributed by atoms with Gasteiger partial charge in [0.15, 0.2) is 11.6 Å². The first-order valence-electron chi connectivity index (χ1n) is 5.70. The second-order valence-electron chi connectivity index (χ2n) is 3.90. The van der Waals surface area contributed by atoms with Gasteiger partial charge in [0.05, 0.1) is 6.61 Å². The molecule has 3 N–H and O–H groups in total. The fraction of sp³-hybridized carbons (Fsp3) is 0.500. The van der Waals surface area contributed by atoms with Crippen molar-refractivity contribution in [1.82, 2.24) is 0 Å². The molecule has 0 heterocycles. The van der Waals surface area contributed by atoms with E-state index in [0.29, 0.717) is 6.54 Å². The lowest BCUT2D eigenvalue weighted by Gasteiger charge is -2.24. The van der Waals surface area contributed by atoms with Gasteiger partial charge in [-0.3, -0.25) is 0 Å². The van der Waals surface area contributed by atoms with Gasteiger partial charge in [0.1, 0.15) is 5.69 Å². The summed E-state index contributed by atoms with van der Waals surface area (Å²) >= 11 is 0. The van der Waals surface area contributed by atoms with E-state index in [9.17, 15) is 8.78 Å². The van der Waals surface area contributed by atoms with Crippen LogP contribution in [0.2, 0.25) is 0 Å². The van der Waals surface area contributed by atoms with Crippen LogP contribution < -0.4 is 10.6 Å². The van der Waals surface area contributed by atoms with Crippen molar-refractivity contribution in [2.24, 2.45) is 0 Å². The highest BCUT2D eigenvalue weighted by Crippen LogP contribution is 2.26. The van der Waals surface area contributed by atoms with Gasteiger partial charge in [-0.25, -0.2) is 8.78 Å². The molecular weight excluding hydrogens is 226 g/mol. The van der Waals surface area contributed by atoms with Crippen LogP contribution in [0.3, 0.4) is 0 Å². The van der Waals surface area contributed by atoms with E-state index >= 15 is 0 Å². The van der Waals surface area contributed by atoms with Crippen molar-refractivity contribution in [3.05, 3.63) is 23.8 Å². The SMILES string of the molecule is CCCCN(CCO)c1c(F)cc(N)cc1F. The molecule has 0 saturated heterocycles. The van der Waals surface area contributed by atoms with Crippen molar-refractivity contribution in [2.75, 3.05) is 30.3 Å². The largest absolute Gasteiger partial charge is 0.399 e. The molecule has 0 amide bonds. The maximum absolute atomic E-state index is 13.7. The van der Waals surface area contributed by atoms with Crippen LogP contribution in [0.25, 0.3) is 0 Å². The van der Waals surface area contributed by atoms with Crippen LogP contribution in [0.5, 0.6) is 0 Å². The Hall–Kier alpha value is -1.36. The minimum Gasteiger partial charge on any atom is -0.399 e. The lowest BCUT2D eigenvalue weighted by molar-refractivity contribution is 0.300. The molecule has 0 aliphatic heterocycles. The second-order valence-corrected chi connectivity index (χ2v) is 3.90. The predicted octanol–water partition coefficient (Wildman–Crippen LogP) is 2.15. The first-order valence-corrected chi connectivity index (χ1v) is 5.70. The van der Waals surface area contributed by atoms with E-state index in [-0.39, 0.29) is 24.5 Å². The third-order valence-corrected chi connectivity index (χ3v) is 2.51. The van der Waals surface area contributed by atoms with Crippen molar-refractivity contribution in [3.8, 4) is 0 Å². The molecule has 0 aliphatic carbocycles. The smallest absolute Gasteiger partial charge is 0.151 e. The average Bonchev–Trinajstić information content (AvgIpc) is 2.24. The number of rotatable bonds is 6. The average molecular weight is 244 g/mol. The maximum Gasteiger partial charge on any atom is 0.151 e. The summed E-state index contributed by atoms with van der Waals surface area (Å²) in [6, 6.07) is 2.18. The van der Waals surface area contributed by atoms with E-state index in [1.807, 2.05) is 6.92 Å². The fourth-order valence-electron chi connectivity index (χ4n) is 1.69. The summed E-state index contributed by atoms with van der Waals surface area (Å²) in [6.07, 6.45) is 1.73. The van der Waals surface area contributed by atoms with Crippen LogP contribution in [-0.4, -0.2) is 24.8 Å². The zero-order chi connectivity index (χ0) is 12.8. The molecule has 0 bridgehead atoms. The Morgan fingerprint density at radius 1 is 1.24 bits per heavy atom. The van der Waals surface area contributed by atoms with E-state index in [0.717, 1.165) is 25.0 Å². The van der Waals surface area contributed by atoms with Gasteiger partial charge in [0, 0.05) is 18.8 Å². The Morgan fingerprint density at radius 2 is 1.82 bits per heavy atom. The summed E-state index contributed by atoms with van der Waals surface area (Å²) in [4.78, 5) is 1.51. The highest BCUT2D eigenvalue weighted by Gasteiger charge is 2.16. The maximum atomic E-state index is 13.7. The van der Waals surface area contributed by atoms with Gasteiger partial charge in [-0.2, -0.15) is 0 Å². The Morgan fingerprint density at radius 3 is 2.29 bits per heavy atom. The molecule has 0 unspecified atom stereocenters. The topological polar surface area (TPSA) is 49.5 Å². The highest BCUT2D eigenvalue weighted by atomic mass is 19.1. The molecule has 0 spiro atoms. The molecule has 96 valence electrons. The first-order chi connectivity index (χ1) is 8.10. The standard InChI is InChI=1S/C12H18F2N2O/c1-2-3-4-16(5-6-17)12-10(13)7-9(15)8-11(12)14/h7-8,17H,2-6,15H2,1H3. The Kier molecular flexibility index (Phi) is 5.15. The quantitative estimate of drug-likeness (QED) is 0.754. The number of nitrogens with two attached hydrogens (primary N) is 1. The van der Waals surface area contributed by atoms with E-state index in [2.05, 4.69) is 0 Å². The third kappa shape index (κ3) is 3.56. The summed E-state index contributed by atoms with van der Waals surface area (Å²) in [6.45, 7) is 2.56. The molecule has 0 atom stereocenters. The second kappa shape index (κ2) is 6.39. The van der Waals surface area contributed by atoms with Crippen molar-refractivity contribution in [2.45, 2.75) is 19.8 Å². The molecule has 0 radical (unpaired) electrons.